The van der Waals surface area contributed by atoms with Crippen molar-refractivity contribution in [3.05, 3.63) is 76.2 Å². The van der Waals surface area contributed by atoms with Gasteiger partial charge in [-0.3, -0.25) is 4.79 Å². The first-order valence-electron chi connectivity index (χ1n) is 8.46. The summed E-state index contributed by atoms with van der Waals surface area (Å²) in [7, 11) is 0. The Labute approximate surface area is 153 Å². The summed E-state index contributed by atoms with van der Waals surface area (Å²) >= 11 is 0. The summed E-state index contributed by atoms with van der Waals surface area (Å²) in [5.74, 6) is 1.30. The average molecular weight is 350 g/mol. The number of aromatic nitrogens is 1. The first kappa shape index (κ1) is 17.7. The summed E-state index contributed by atoms with van der Waals surface area (Å²) in [6.45, 7) is 8.14. The lowest BCUT2D eigenvalue weighted by Gasteiger charge is -2.09. The molecule has 1 amide bonds. The van der Waals surface area contributed by atoms with Crippen molar-refractivity contribution in [2.24, 2.45) is 0 Å². The second kappa shape index (κ2) is 7.44. The molecular formula is C21H22N2O3. The largest absolute Gasteiger partial charge is 0.489 e. The zero-order chi connectivity index (χ0) is 18.7. The molecular weight excluding hydrogens is 328 g/mol. The summed E-state index contributed by atoms with van der Waals surface area (Å²) in [5, 5.41) is 6.84. The van der Waals surface area contributed by atoms with E-state index in [4.69, 9.17) is 9.26 Å². The Morgan fingerprint density at radius 3 is 2.27 bits per heavy atom. The predicted octanol–water partition coefficient (Wildman–Crippen LogP) is 4.74. The van der Waals surface area contributed by atoms with Crippen LogP contribution in [0.3, 0.4) is 0 Å². The number of aryl methyl sites for hydroxylation is 4. The molecule has 26 heavy (non-hydrogen) atoms. The van der Waals surface area contributed by atoms with Gasteiger partial charge in [0.2, 0.25) is 0 Å². The quantitative estimate of drug-likeness (QED) is 0.722. The molecule has 0 aliphatic heterocycles. The molecule has 0 aliphatic carbocycles. The number of hydrogen-bond acceptors (Lipinski definition) is 4. The van der Waals surface area contributed by atoms with Crippen molar-refractivity contribution in [2.75, 3.05) is 5.32 Å². The number of anilines is 1. The zero-order valence-corrected chi connectivity index (χ0v) is 15.4. The van der Waals surface area contributed by atoms with Crippen LogP contribution in [0.15, 0.2) is 47.0 Å². The highest BCUT2D eigenvalue weighted by atomic mass is 16.5. The lowest BCUT2D eigenvalue weighted by atomic mass is 10.1. The third kappa shape index (κ3) is 4.11. The minimum absolute atomic E-state index is 0.146. The maximum atomic E-state index is 12.4. The Morgan fingerprint density at radius 1 is 1.04 bits per heavy atom. The van der Waals surface area contributed by atoms with Crippen LogP contribution in [0.5, 0.6) is 5.75 Å². The number of rotatable bonds is 5. The SMILES string of the molecule is Cc1cc(C)cc(NC(=O)c2ccc(OCc3c(C)noc3C)cc2)c1. The molecule has 134 valence electrons. The Morgan fingerprint density at radius 2 is 1.69 bits per heavy atom. The normalized spacial score (nSPS) is 10.6. The molecule has 3 rings (SSSR count). The van der Waals surface area contributed by atoms with E-state index in [0.717, 1.165) is 33.8 Å². The molecule has 0 saturated heterocycles. The van der Waals surface area contributed by atoms with E-state index in [1.165, 1.54) is 0 Å². The maximum absolute atomic E-state index is 12.4. The fraction of sp³-hybridized carbons (Fsp3) is 0.238. The predicted molar refractivity (Wildman–Crippen MR) is 101 cm³/mol. The van der Waals surface area contributed by atoms with E-state index in [9.17, 15) is 4.79 Å². The van der Waals surface area contributed by atoms with Gasteiger partial charge in [-0.1, -0.05) is 11.2 Å². The van der Waals surface area contributed by atoms with Gasteiger partial charge in [0.05, 0.1) is 11.3 Å². The number of nitrogens with zero attached hydrogens (tertiary/aromatic N) is 1. The van der Waals surface area contributed by atoms with Crippen LogP contribution in [0.4, 0.5) is 5.69 Å². The molecule has 1 N–H and O–H groups in total. The van der Waals surface area contributed by atoms with Crippen molar-refractivity contribution in [3.8, 4) is 5.75 Å². The van der Waals surface area contributed by atoms with Gasteiger partial charge in [-0.25, -0.2) is 0 Å². The second-order valence-corrected chi connectivity index (χ2v) is 6.45. The summed E-state index contributed by atoms with van der Waals surface area (Å²) in [6.07, 6.45) is 0. The zero-order valence-electron chi connectivity index (χ0n) is 15.4. The first-order valence-corrected chi connectivity index (χ1v) is 8.46. The van der Waals surface area contributed by atoms with Crippen LogP contribution >= 0.6 is 0 Å². The summed E-state index contributed by atoms with van der Waals surface area (Å²) in [5.41, 5.74) is 5.38. The standard InChI is InChI=1S/C21H22N2O3/c1-13-9-14(2)11-18(10-13)22-21(24)17-5-7-19(8-6-17)25-12-20-15(3)23-26-16(20)4/h5-11H,12H2,1-4H3,(H,22,24). The molecule has 1 aromatic heterocycles. The molecule has 2 aromatic carbocycles. The first-order chi connectivity index (χ1) is 12.4. The second-order valence-electron chi connectivity index (χ2n) is 6.45. The van der Waals surface area contributed by atoms with Gasteiger partial charge in [-0.05, 0) is 75.2 Å². The summed E-state index contributed by atoms with van der Waals surface area (Å²) < 4.78 is 10.9. The van der Waals surface area contributed by atoms with E-state index in [2.05, 4.69) is 16.5 Å². The summed E-state index contributed by atoms with van der Waals surface area (Å²) in [6, 6.07) is 13.0. The monoisotopic (exact) mass is 350 g/mol. The lowest BCUT2D eigenvalue weighted by Crippen LogP contribution is -2.12. The minimum atomic E-state index is -0.146. The minimum Gasteiger partial charge on any atom is -0.489 e. The molecule has 1 heterocycles. The number of carbonyl (C=O) groups excluding carboxylic acids is 1. The van der Waals surface area contributed by atoms with E-state index in [0.29, 0.717) is 17.9 Å². The molecule has 0 saturated carbocycles. The number of benzene rings is 2. The van der Waals surface area contributed by atoms with E-state index in [1.807, 2.05) is 39.8 Å². The van der Waals surface area contributed by atoms with E-state index < -0.39 is 0 Å². The number of ether oxygens (including phenoxy) is 1. The molecule has 5 heteroatoms. The fourth-order valence-electron chi connectivity index (χ4n) is 2.82. The summed E-state index contributed by atoms with van der Waals surface area (Å²) in [4.78, 5) is 12.4. The van der Waals surface area contributed by atoms with Crippen molar-refractivity contribution in [2.45, 2.75) is 34.3 Å². The van der Waals surface area contributed by atoms with Crippen LogP contribution in [0.25, 0.3) is 0 Å². The Hall–Kier alpha value is -3.08. The highest BCUT2D eigenvalue weighted by Gasteiger charge is 2.10. The fourth-order valence-corrected chi connectivity index (χ4v) is 2.82. The molecule has 0 radical (unpaired) electrons. The molecule has 0 atom stereocenters. The lowest BCUT2D eigenvalue weighted by molar-refractivity contribution is 0.102. The van der Waals surface area contributed by atoms with E-state index in [-0.39, 0.29) is 5.91 Å². The van der Waals surface area contributed by atoms with Crippen LogP contribution in [0, 0.1) is 27.7 Å². The maximum Gasteiger partial charge on any atom is 0.255 e. The van der Waals surface area contributed by atoms with E-state index in [1.54, 1.807) is 24.3 Å². The van der Waals surface area contributed by atoms with Gasteiger partial charge in [-0.2, -0.15) is 0 Å². The Bertz CT molecular complexity index is 887. The molecule has 0 bridgehead atoms. The van der Waals surface area contributed by atoms with Crippen LogP contribution < -0.4 is 10.1 Å². The van der Waals surface area contributed by atoms with E-state index >= 15 is 0 Å². The van der Waals surface area contributed by atoms with Gasteiger partial charge in [0.1, 0.15) is 18.1 Å². The number of amides is 1. The van der Waals surface area contributed by atoms with Gasteiger partial charge in [0, 0.05) is 11.3 Å². The molecule has 3 aromatic rings. The number of hydrogen-bond donors (Lipinski definition) is 1. The van der Waals surface area contributed by atoms with Crippen LogP contribution in [0.1, 0.15) is 38.5 Å². The Kier molecular flexibility index (Phi) is 5.07. The number of nitrogens with one attached hydrogen (secondary N) is 1. The van der Waals surface area contributed by atoms with Gasteiger partial charge in [0.15, 0.2) is 0 Å². The highest BCUT2D eigenvalue weighted by molar-refractivity contribution is 6.04. The smallest absolute Gasteiger partial charge is 0.255 e. The van der Waals surface area contributed by atoms with Gasteiger partial charge in [-0.15, -0.1) is 0 Å². The van der Waals surface area contributed by atoms with Crippen molar-refractivity contribution in [1.29, 1.82) is 0 Å². The van der Waals surface area contributed by atoms with Gasteiger partial charge >= 0.3 is 0 Å². The molecule has 0 spiro atoms. The molecule has 0 unspecified atom stereocenters. The van der Waals surface area contributed by atoms with Crippen LogP contribution in [-0.2, 0) is 6.61 Å². The number of carbonyl (C=O) groups is 1. The highest BCUT2D eigenvalue weighted by Crippen LogP contribution is 2.19. The third-order valence-corrected chi connectivity index (χ3v) is 4.16. The molecule has 5 nitrogen and oxygen atoms in total. The van der Waals surface area contributed by atoms with Gasteiger partial charge in [0.25, 0.3) is 5.91 Å². The van der Waals surface area contributed by atoms with Crippen LogP contribution in [-0.4, -0.2) is 11.1 Å². The van der Waals surface area contributed by atoms with Crippen molar-refractivity contribution < 1.29 is 14.1 Å². The topological polar surface area (TPSA) is 64.4 Å². The van der Waals surface area contributed by atoms with Crippen LogP contribution in [0.2, 0.25) is 0 Å². The average Bonchev–Trinajstić information content (AvgIpc) is 2.91. The molecule has 0 aliphatic rings. The van der Waals surface area contributed by atoms with Crippen molar-refractivity contribution in [3.63, 3.8) is 0 Å². The van der Waals surface area contributed by atoms with Crippen molar-refractivity contribution >= 4 is 11.6 Å². The Balaban J connectivity index is 1.64. The van der Waals surface area contributed by atoms with Gasteiger partial charge < -0.3 is 14.6 Å². The third-order valence-electron chi connectivity index (χ3n) is 4.16. The van der Waals surface area contributed by atoms with Crippen molar-refractivity contribution in [1.82, 2.24) is 5.16 Å². The molecule has 0 fully saturated rings.